The monoisotopic (exact) mass is 551 g/mol. The van der Waals surface area contributed by atoms with Crippen LogP contribution in [0.5, 0.6) is 0 Å². The summed E-state index contributed by atoms with van der Waals surface area (Å²) in [5, 5.41) is 10.1. The molecule has 0 aliphatic carbocycles. The Morgan fingerprint density at radius 3 is 2.49 bits per heavy atom. The summed E-state index contributed by atoms with van der Waals surface area (Å²) in [6, 6.07) is 19.3. The van der Waals surface area contributed by atoms with E-state index in [1.807, 2.05) is 30.3 Å². The summed E-state index contributed by atoms with van der Waals surface area (Å²) in [6.07, 6.45) is 1.54. The SMILES string of the molecule is CC(=O)CNC(=O)c1cccc(-c2ccccc2)c1NC(=O)c1cc(Br)nn1-c1ncccc1Cl. The highest BCUT2D eigenvalue weighted by molar-refractivity contribution is 9.10. The van der Waals surface area contributed by atoms with E-state index in [0.717, 1.165) is 5.56 Å². The van der Waals surface area contributed by atoms with Crippen molar-refractivity contribution in [3.05, 3.63) is 93.8 Å². The van der Waals surface area contributed by atoms with Gasteiger partial charge in [-0.25, -0.2) is 9.67 Å². The van der Waals surface area contributed by atoms with Gasteiger partial charge in [0.25, 0.3) is 11.8 Å². The van der Waals surface area contributed by atoms with Gasteiger partial charge < -0.3 is 10.6 Å². The summed E-state index contributed by atoms with van der Waals surface area (Å²) < 4.78 is 1.72. The lowest BCUT2D eigenvalue weighted by atomic mass is 9.99. The van der Waals surface area contributed by atoms with Crippen molar-refractivity contribution in [1.29, 1.82) is 0 Å². The quantitative estimate of drug-likeness (QED) is 0.338. The second kappa shape index (κ2) is 10.6. The molecule has 10 heteroatoms. The van der Waals surface area contributed by atoms with Crippen molar-refractivity contribution in [2.24, 2.45) is 0 Å². The van der Waals surface area contributed by atoms with Gasteiger partial charge in [-0.1, -0.05) is 54.1 Å². The Kier molecular flexibility index (Phi) is 7.38. The van der Waals surface area contributed by atoms with Crippen molar-refractivity contribution in [3.63, 3.8) is 0 Å². The van der Waals surface area contributed by atoms with Crippen molar-refractivity contribution in [2.75, 3.05) is 11.9 Å². The first-order valence-electron chi connectivity index (χ1n) is 10.5. The Bertz CT molecular complexity index is 1420. The molecular formula is C25H19BrClN5O3. The van der Waals surface area contributed by atoms with Crippen molar-refractivity contribution >= 4 is 50.8 Å². The summed E-state index contributed by atoms with van der Waals surface area (Å²) in [5.74, 6) is -0.936. The minimum absolute atomic E-state index is 0.125. The topological polar surface area (TPSA) is 106 Å². The average Bonchev–Trinajstić information content (AvgIpc) is 3.25. The summed E-state index contributed by atoms with van der Waals surface area (Å²) >= 11 is 9.59. The predicted molar refractivity (Wildman–Crippen MR) is 137 cm³/mol. The van der Waals surface area contributed by atoms with Gasteiger partial charge >= 0.3 is 0 Å². The maximum absolute atomic E-state index is 13.5. The number of hydrogen-bond donors (Lipinski definition) is 2. The molecule has 2 amide bonds. The molecule has 0 bridgehead atoms. The summed E-state index contributed by atoms with van der Waals surface area (Å²) in [6.45, 7) is 1.25. The van der Waals surface area contributed by atoms with E-state index in [-0.39, 0.29) is 29.4 Å². The Morgan fingerprint density at radius 2 is 1.77 bits per heavy atom. The summed E-state index contributed by atoms with van der Waals surface area (Å²) in [7, 11) is 0. The highest BCUT2D eigenvalue weighted by Crippen LogP contribution is 2.32. The molecule has 0 saturated carbocycles. The normalized spacial score (nSPS) is 10.6. The minimum atomic E-state index is -0.533. The third kappa shape index (κ3) is 5.47. The molecule has 0 fully saturated rings. The zero-order valence-corrected chi connectivity index (χ0v) is 20.8. The first kappa shape index (κ1) is 24.3. The van der Waals surface area contributed by atoms with Gasteiger partial charge in [-0.3, -0.25) is 14.4 Å². The van der Waals surface area contributed by atoms with Gasteiger partial charge in [-0.05, 0) is 46.6 Å². The van der Waals surface area contributed by atoms with Crippen LogP contribution in [0.3, 0.4) is 0 Å². The molecule has 176 valence electrons. The second-order valence-corrected chi connectivity index (χ2v) is 8.73. The number of anilines is 1. The zero-order valence-electron chi connectivity index (χ0n) is 18.5. The molecule has 8 nitrogen and oxygen atoms in total. The van der Waals surface area contributed by atoms with Crippen molar-refractivity contribution < 1.29 is 14.4 Å². The van der Waals surface area contributed by atoms with Gasteiger partial charge in [0.2, 0.25) is 0 Å². The number of rotatable bonds is 7. The molecule has 35 heavy (non-hydrogen) atoms. The smallest absolute Gasteiger partial charge is 0.274 e. The van der Waals surface area contributed by atoms with E-state index in [0.29, 0.717) is 20.9 Å². The van der Waals surface area contributed by atoms with Crippen LogP contribution >= 0.6 is 27.5 Å². The molecule has 2 aromatic heterocycles. The highest BCUT2D eigenvalue weighted by Gasteiger charge is 2.23. The summed E-state index contributed by atoms with van der Waals surface area (Å²) in [5.41, 5.74) is 2.08. The standard InChI is InChI=1S/C25H19BrClN5O3/c1-15(33)14-29-24(34)18-10-5-9-17(16-7-3-2-4-8-16)22(18)30-25(35)20-13-21(26)31-32(20)23-19(27)11-6-12-28-23/h2-13H,14H2,1H3,(H,29,34)(H,30,35). The van der Waals surface area contributed by atoms with Crippen LogP contribution in [0.2, 0.25) is 5.02 Å². The van der Waals surface area contributed by atoms with Crippen LogP contribution in [-0.2, 0) is 4.79 Å². The number of carbonyl (C=O) groups is 3. The van der Waals surface area contributed by atoms with Gasteiger partial charge in [0.15, 0.2) is 5.82 Å². The van der Waals surface area contributed by atoms with Gasteiger partial charge in [0, 0.05) is 17.8 Å². The Hall–Kier alpha value is -3.82. The van der Waals surface area contributed by atoms with Crippen LogP contribution in [0.15, 0.2) is 77.5 Å². The number of pyridine rings is 1. The number of hydrogen-bond acceptors (Lipinski definition) is 5. The van der Waals surface area contributed by atoms with Crippen LogP contribution in [0.4, 0.5) is 5.69 Å². The van der Waals surface area contributed by atoms with Crippen LogP contribution in [0, 0.1) is 0 Å². The molecule has 2 aromatic carbocycles. The van der Waals surface area contributed by atoms with E-state index in [1.54, 1.807) is 36.5 Å². The molecule has 0 saturated heterocycles. The number of ketones is 1. The fourth-order valence-electron chi connectivity index (χ4n) is 3.42. The Balaban J connectivity index is 1.79. The predicted octanol–water partition coefficient (Wildman–Crippen LogP) is 4.92. The van der Waals surface area contributed by atoms with Gasteiger partial charge in [-0.15, -0.1) is 0 Å². The molecule has 4 aromatic rings. The van der Waals surface area contributed by atoms with Crippen LogP contribution in [-0.4, -0.2) is 38.9 Å². The second-order valence-electron chi connectivity index (χ2n) is 7.51. The molecule has 0 unspecified atom stereocenters. The van der Waals surface area contributed by atoms with Crippen LogP contribution in [0.25, 0.3) is 16.9 Å². The molecule has 0 aliphatic heterocycles. The number of para-hydroxylation sites is 1. The lowest BCUT2D eigenvalue weighted by Gasteiger charge is -2.16. The number of amides is 2. The first-order chi connectivity index (χ1) is 16.8. The summed E-state index contributed by atoms with van der Waals surface area (Å²) in [4.78, 5) is 42.1. The lowest BCUT2D eigenvalue weighted by molar-refractivity contribution is -0.116. The molecular weight excluding hydrogens is 534 g/mol. The third-order valence-electron chi connectivity index (χ3n) is 4.98. The Labute approximate surface area is 214 Å². The zero-order chi connectivity index (χ0) is 24.9. The third-order valence-corrected chi connectivity index (χ3v) is 5.66. The number of nitrogens with one attached hydrogen (secondary N) is 2. The van der Waals surface area contributed by atoms with E-state index in [2.05, 4.69) is 36.6 Å². The van der Waals surface area contributed by atoms with Gasteiger partial charge in [-0.2, -0.15) is 5.10 Å². The minimum Gasteiger partial charge on any atom is -0.345 e. The van der Waals surface area contributed by atoms with E-state index in [1.165, 1.54) is 17.7 Å². The van der Waals surface area contributed by atoms with Crippen LogP contribution < -0.4 is 10.6 Å². The van der Waals surface area contributed by atoms with E-state index >= 15 is 0 Å². The fraction of sp³-hybridized carbons (Fsp3) is 0.0800. The molecule has 4 rings (SSSR count). The number of nitrogens with zero attached hydrogens (tertiary/aromatic N) is 3. The molecule has 2 N–H and O–H groups in total. The average molecular weight is 553 g/mol. The van der Waals surface area contributed by atoms with Crippen LogP contribution in [0.1, 0.15) is 27.8 Å². The largest absolute Gasteiger partial charge is 0.345 e. The molecule has 0 aliphatic rings. The number of aromatic nitrogens is 3. The van der Waals surface area contributed by atoms with Crippen molar-refractivity contribution in [3.8, 4) is 16.9 Å². The number of halogens is 2. The molecule has 0 spiro atoms. The lowest BCUT2D eigenvalue weighted by Crippen LogP contribution is -2.29. The first-order valence-corrected chi connectivity index (χ1v) is 11.7. The maximum Gasteiger partial charge on any atom is 0.274 e. The molecule has 2 heterocycles. The Morgan fingerprint density at radius 1 is 1.00 bits per heavy atom. The number of carbonyl (C=O) groups excluding carboxylic acids is 3. The van der Waals surface area contributed by atoms with E-state index in [4.69, 9.17) is 11.6 Å². The maximum atomic E-state index is 13.5. The fourth-order valence-corrected chi connectivity index (χ4v) is 4.00. The number of Topliss-reactive ketones (excluding diaryl/α,β-unsaturated/α-hetero) is 1. The number of benzene rings is 2. The molecule has 0 radical (unpaired) electrons. The molecule has 0 atom stereocenters. The van der Waals surface area contributed by atoms with E-state index < -0.39 is 11.8 Å². The highest BCUT2D eigenvalue weighted by atomic mass is 79.9. The van der Waals surface area contributed by atoms with Gasteiger partial charge in [0.1, 0.15) is 16.1 Å². The van der Waals surface area contributed by atoms with Crippen molar-refractivity contribution in [1.82, 2.24) is 20.1 Å². The van der Waals surface area contributed by atoms with Gasteiger partial charge in [0.05, 0.1) is 22.8 Å². The van der Waals surface area contributed by atoms with E-state index in [9.17, 15) is 14.4 Å². The van der Waals surface area contributed by atoms with Crippen molar-refractivity contribution in [2.45, 2.75) is 6.92 Å².